The summed E-state index contributed by atoms with van der Waals surface area (Å²) in [6.07, 6.45) is 6.56. The number of hydrogen-bond acceptors (Lipinski definition) is 3. The normalized spacial score (nSPS) is 24.6. The zero-order valence-electron chi connectivity index (χ0n) is 10.4. The first-order valence-corrected chi connectivity index (χ1v) is 7.16. The Labute approximate surface area is 111 Å². The van der Waals surface area contributed by atoms with Gasteiger partial charge in [-0.1, -0.05) is 13.3 Å². The van der Waals surface area contributed by atoms with Crippen LogP contribution in [-0.2, 0) is 0 Å². The molecular weight excluding hydrogens is 280 g/mol. The summed E-state index contributed by atoms with van der Waals surface area (Å²) >= 11 is 3.38. The second-order valence-corrected chi connectivity index (χ2v) is 5.50. The highest BCUT2D eigenvalue weighted by Gasteiger charge is 2.25. The summed E-state index contributed by atoms with van der Waals surface area (Å²) in [4.78, 5) is 8.53. The predicted molar refractivity (Wildman–Crippen MR) is 71.1 cm³/mol. The van der Waals surface area contributed by atoms with Crippen LogP contribution in [0.5, 0.6) is 5.88 Å². The quantitative estimate of drug-likeness (QED) is 0.794. The fraction of sp³-hybridized carbons (Fsp3) is 0.692. The maximum absolute atomic E-state index is 6.04. The largest absolute Gasteiger partial charge is 0.474 e. The number of aryl methyl sites for hydroxylation is 1. The van der Waals surface area contributed by atoms with Gasteiger partial charge in [-0.3, -0.25) is 0 Å². The molecule has 0 aliphatic heterocycles. The SMILES string of the molecule is CCC1CCCCC1Oc1cc(Br)nc(C)n1. The highest BCUT2D eigenvalue weighted by molar-refractivity contribution is 9.10. The zero-order valence-corrected chi connectivity index (χ0v) is 12.0. The van der Waals surface area contributed by atoms with Crippen LogP contribution < -0.4 is 4.74 Å². The number of ether oxygens (including phenoxy) is 1. The van der Waals surface area contributed by atoms with E-state index in [-0.39, 0.29) is 0 Å². The van der Waals surface area contributed by atoms with E-state index in [0.717, 1.165) is 16.8 Å². The van der Waals surface area contributed by atoms with Gasteiger partial charge in [0, 0.05) is 6.07 Å². The Morgan fingerprint density at radius 2 is 2.12 bits per heavy atom. The summed E-state index contributed by atoms with van der Waals surface area (Å²) in [7, 11) is 0. The van der Waals surface area contributed by atoms with E-state index in [0.29, 0.717) is 17.9 Å². The molecule has 0 radical (unpaired) electrons. The first-order chi connectivity index (χ1) is 8.19. The van der Waals surface area contributed by atoms with Crippen molar-refractivity contribution < 1.29 is 4.74 Å². The summed E-state index contributed by atoms with van der Waals surface area (Å²) in [5.41, 5.74) is 0. The lowest BCUT2D eigenvalue weighted by molar-refractivity contribution is 0.0854. The molecule has 0 spiro atoms. The second kappa shape index (κ2) is 5.80. The lowest BCUT2D eigenvalue weighted by Gasteiger charge is -2.30. The first-order valence-electron chi connectivity index (χ1n) is 6.37. The topological polar surface area (TPSA) is 35.0 Å². The van der Waals surface area contributed by atoms with Crippen molar-refractivity contribution in [3.8, 4) is 5.88 Å². The fourth-order valence-corrected chi connectivity index (χ4v) is 2.97. The monoisotopic (exact) mass is 298 g/mol. The van der Waals surface area contributed by atoms with E-state index in [9.17, 15) is 0 Å². The van der Waals surface area contributed by atoms with Gasteiger partial charge >= 0.3 is 0 Å². The molecule has 1 aliphatic carbocycles. The lowest BCUT2D eigenvalue weighted by Crippen LogP contribution is -2.30. The van der Waals surface area contributed by atoms with Crippen LogP contribution in [0.3, 0.4) is 0 Å². The molecule has 2 unspecified atom stereocenters. The minimum atomic E-state index is 0.329. The van der Waals surface area contributed by atoms with Crippen molar-refractivity contribution in [3.63, 3.8) is 0 Å². The minimum absolute atomic E-state index is 0.329. The van der Waals surface area contributed by atoms with E-state index in [1.807, 2.05) is 13.0 Å². The standard InChI is InChI=1S/C13H19BrN2O/c1-3-10-6-4-5-7-11(10)17-13-8-12(14)15-9(2)16-13/h8,10-11H,3-7H2,1-2H3. The highest BCUT2D eigenvalue weighted by Crippen LogP contribution is 2.30. The number of halogens is 1. The molecule has 4 heteroatoms. The van der Waals surface area contributed by atoms with E-state index in [2.05, 4.69) is 32.8 Å². The van der Waals surface area contributed by atoms with Crippen molar-refractivity contribution >= 4 is 15.9 Å². The molecule has 2 atom stereocenters. The number of rotatable bonds is 3. The van der Waals surface area contributed by atoms with Crippen LogP contribution in [-0.4, -0.2) is 16.1 Å². The van der Waals surface area contributed by atoms with E-state index in [1.54, 1.807) is 0 Å². The maximum Gasteiger partial charge on any atom is 0.217 e. The first kappa shape index (κ1) is 12.8. The van der Waals surface area contributed by atoms with Crippen molar-refractivity contribution in [2.24, 2.45) is 5.92 Å². The fourth-order valence-electron chi connectivity index (χ4n) is 2.52. The van der Waals surface area contributed by atoms with E-state index >= 15 is 0 Å². The maximum atomic E-state index is 6.04. The summed E-state index contributed by atoms with van der Waals surface area (Å²) < 4.78 is 6.83. The molecule has 2 rings (SSSR count). The molecular formula is C13H19BrN2O. The van der Waals surface area contributed by atoms with Crippen molar-refractivity contribution in [1.82, 2.24) is 9.97 Å². The molecule has 1 aromatic rings. The van der Waals surface area contributed by atoms with Crippen LogP contribution in [0, 0.1) is 12.8 Å². The van der Waals surface area contributed by atoms with Crippen LogP contribution >= 0.6 is 15.9 Å². The van der Waals surface area contributed by atoms with Crippen molar-refractivity contribution in [2.45, 2.75) is 52.1 Å². The summed E-state index contributed by atoms with van der Waals surface area (Å²) in [5, 5.41) is 0. The Hall–Kier alpha value is -0.640. The highest BCUT2D eigenvalue weighted by atomic mass is 79.9. The molecule has 0 bridgehead atoms. The van der Waals surface area contributed by atoms with Crippen LogP contribution in [0.4, 0.5) is 0 Å². The van der Waals surface area contributed by atoms with E-state index in [4.69, 9.17) is 4.74 Å². The van der Waals surface area contributed by atoms with Gasteiger partial charge in [0.05, 0.1) is 0 Å². The van der Waals surface area contributed by atoms with Crippen molar-refractivity contribution in [3.05, 3.63) is 16.5 Å². The predicted octanol–water partition coefficient (Wildman–Crippen LogP) is 3.90. The molecule has 1 aromatic heterocycles. The Kier molecular flexibility index (Phi) is 4.37. The third-order valence-electron chi connectivity index (χ3n) is 3.42. The molecule has 0 aromatic carbocycles. The molecule has 1 heterocycles. The van der Waals surface area contributed by atoms with Gasteiger partial charge in [-0.15, -0.1) is 0 Å². The van der Waals surface area contributed by atoms with E-state index in [1.165, 1.54) is 25.7 Å². The Morgan fingerprint density at radius 3 is 2.82 bits per heavy atom. The minimum Gasteiger partial charge on any atom is -0.474 e. The van der Waals surface area contributed by atoms with Gasteiger partial charge in [-0.25, -0.2) is 4.98 Å². The zero-order chi connectivity index (χ0) is 12.3. The Balaban J connectivity index is 2.08. The third-order valence-corrected chi connectivity index (χ3v) is 3.83. The van der Waals surface area contributed by atoms with E-state index < -0.39 is 0 Å². The number of hydrogen-bond donors (Lipinski definition) is 0. The molecule has 3 nitrogen and oxygen atoms in total. The van der Waals surface area contributed by atoms with Gasteiger partial charge in [0.2, 0.25) is 5.88 Å². The molecule has 0 N–H and O–H groups in total. The lowest BCUT2D eigenvalue weighted by atomic mass is 9.85. The summed E-state index contributed by atoms with van der Waals surface area (Å²) in [6.45, 7) is 4.13. The van der Waals surface area contributed by atoms with Crippen LogP contribution in [0.1, 0.15) is 44.9 Å². The average Bonchev–Trinajstić information content (AvgIpc) is 2.28. The summed E-state index contributed by atoms with van der Waals surface area (Å²) in [6, 6.07) is 1.86. The van der Waals surface area contributed by atoms with Gasteiger partial charge in [-0.2, -0.15) is 4.98 Å². The van der Waals surface area contributed by atoms with Crippen LogP contribution in [0.15, 0.2) is 10.7 Å². The molecule has 94 valence electrons. The molecule has 1 saturated carbocycles. The van der Waals surface area contributed by atoms with Crippen LogP contribution in [0.25, 0.3) is 0 Å². The molecule has 1 aliphatic rings. The van der Waals surface area contributed by atoms with Gasteiger partial charge in [-0.05, 0) is 54.5 Å². The van der Waals surface area contributed by atoms with Gasteiger partial charge in [0.25, 0.3) is 0 Å². The van der Waals surface area contributed by atoms with Gasteiger partial charge in [0.1, 0.15) is 16.5 Å². The number of nitrogens with zero attached hydrogens (tertiary/aromatic N) is 2. The Bertz CT molecular complexity index is 363. The molecule has 0 amide bonds. The van der Waals surface area contributed by atoms with Crippen molar-refractivity contribution in [1.29, 1.82) is 0 Å². The molecule has 17 heavy (non-hydrogen) atoms. The van der Waals surface area contributed by atoms with Gasteiger partial charge < -0.3 is 4.74 Å². The third kappa shape index (κ3) is 3.41. The second-order valence-electron chi connectivity index (χ2n) is 4.69. The number of aromatic nitrogens is 2. The molecule has 1 fully saturated rings. The van der Waals surface area contributed by atoms with Gasteiger partial charge in [0.15, 0.2) is 0 Å². The Morgan fingerprint density at radius 1 is 1.35 bits per heavy atom. The average molecular weight is 299 g/mol. The summed E-state index contributed by atoms with van der Waals surface area (Å²) in [5.74, 6) is 2.13. The molecule has 0 saturated heterocycles. The smallest absolute Gasteiger partial charge is 0.217 e. The van der Waals surface area contributed by atoms with Crippen LogP contribution in [0.2, 0.25) is 0 Å². The van der Waals surface area contributed by atoms with Crippen molar-refractivity contribution in [2.75, 3.05) is 0 Å².